The number of nitrogens with zero attached hydrogens (tertiary/aromatic N) is 2. The fourth-order valence-electron chi connectivity index (χ4n) is 9.49. The molecule has 0 aliphatic heterocycles. The van der Waals surface area contributed by atoms with Crippen LogP contribution in [0.5, 0.6) is 0 Å². The molecule has 2 nitrogen and oxygen atoms in total. The van der Waals surface area contributed by atoms with E-state index in [0.29, 0.717) is 5.56 Å². The normalized spacial score (nSPS) is 13.1. The van der Waals surface area contributed by atoms with E-state index in [1.54, 1.807) is 0 Å². The molecule has 2 aliphatic carbocycles. The van der Waals surface area contributed by atoms with Crippen LogP contribution in [0.25, 0.3) is 54.6 Å². The number of hydrogen-bond acceptors (Lipinski definition) is 2. The van der Waals surface area contributed by atoms with Gasteiger partial charge in [0.15, 0.2) is 0 Å². The van der Waals surface area contributed by atoms with Crippen molar-refractivity contribution in [1.29, 1.82) is 5.26 Å². The molecule has 9 aromatic carbocycles. The summed E-state index contributed by atoms with van der Waals surface area (Å²) in [6.07, 6.45) is 0. The van der Waals surface area contributed by atoms with Gasteiger partial charge in [-0.2, -0.15) is 5.26 Å². The summed E-state index contributed by atoms with van der Waals surface area (Å²) in [5, 5.41) is 17.1. The highest BCUT2D eigenvalue weighted by atomic mass is 15.1. The van der Waals surface area contributed by atoms with E-state index in [1.165, 1.54) is 76.8 Å². The van der Waals surface area contributed by atoms with Gasteiger partial charge in [-0.15, -0.1) is 0 Å². The minimum absolute atomic E-state index is 0.505. The van der Waals surface area contributed by atoms with Gasteiger partial charge >= 0.3 is 0 Å². The van der Waals surface area contributed by atoms with Gasteiger partial charge in [0.2, 0.25) is 0 Å². The zero-order valence-electron chi connectivity index (χ0n) is 28.2. The maximum atomic E-state index is 9.52. The van der Waals surface area contributed by atoms with E-state index >= 15 is 0 Å². The van der Waals surface area contributed by atoms with E-state index in [-0.39, 0.29) is 0 Å². The number of anilines is 3. The third-order valence-electron chi connectivity index (χ3n) is 11.4. The van der Waals surface area contributed by atoms with Crippen LogP contribution >= 0.6 is 0 Å². The van der Waals surface area contributed by atoms with Crippen molar-refractivity contribution in [2.45, 2.75) is 5.41 Å². The summed E-state index contributed by atoms with van der Waals surface area (Å²) >= 11 is 0. The zero-order chi connectivity index (χ0) is 34.4. The van der Waals surface area contributed by atoms with Crippen LogP contribution in [0.2, 0.25) is 0 Å². The lowest BCUT2D eigenvalue weighted by Crippen LogP contribution is -2.26. The third kappa shape index (κ3) is 3.72. The Labute approximate surface area is 302 Å². The molecule has 9 aromatic rings. The Morgan fingerprint density at radius 1 is 0.404 bits per heavy atom. The van der Waals surface area contributed by atoms with Gasteiger partial charge < -0.3 is 4.90 Å². The van der Waals surface area contributed by atoms with Crippen molar-refractivity contribution >= 4 is 49.4 Å². The molecule has 0 aromatic heterocycles. The Bertz CT molecular complexity index is 2920. The third-order valence-corrected chi connectivity index (χ3v) is 11.4. The molecule has 0 saturated heterocycles. The lowest BCUT2D eigenvalue weighted by atomic mass is 9.68. The molecule has 2 aliphatic rings. The first-order valence-corrected chi connectivity index (χ1v) is 17.8. The number of fused-ring (bicyclic) bond motifs is 17. The molecule has 52 heavy (non-hydrogen) atoms. The predicted octanol–water partition coefficient (Wildman–Crippen LogP) is 12.8. The number of para-hydroxylation sites is 1. The number of rotatable bonds is 3. The van der Waals surface area contributed by atoms with E-state index in [0.717, 1.165) is 17.1 Å². The first-order chi connectivity index (χ1) is 25.8. The van der Waals surface area contributed by atoms with Crippen molar-refractivity contribution in [1.82, 2.24) is 0 Å². The zero-order valence-corrected chi connectivity index (χ0v) is 28.2. The predicted molar refractivity (Wildman–Crippen MR) is 215 cm³/mol. The summed E-state index contributed by atoms with van der Waals surface area (Å²) in [6.45, 7) is 0. The number of hydrogen-bond donors (Lipinski definition) is 0. The molecule has 0 bridgehead atoms. The summed E-state index contributed by atoms with van der Waals surface area (Å²) in [7, 11) is 0. The Kier molecular flexibility index (Phi) is 5.98. The summed E-state index contributed by atoms with van der Waals surface area (Å²) in [5.41, 5.74) is 14.0. The van der Waals surface area contributed by atoms with Crippen molar-refractivity contribution < 1.29 is 0 Å². The molecule has 0 heterocycles. The van der Waals surface area contributed by atoms with Gasteiger partial charge in [-0.25, -0.2) is 0 Å². The van der Waals surface area contributed by atoms with E-state index in [2.05, 4.69) is 163 Å². The lowest BCUT2D eigenvalue weighted by molar-refractivity contribution is 0.809. The molecule has 0 atom stereocenters. The number of benzene rings is 9. The summed E-state index contributed by atoms with van der Waals surface area (Å²) < 4.78 is 0. The highest BCUT2D eigenvalue weighted by molar-refractivity contribution is 6.21. The van der Waals surface area contributed by atoms with E-state index in [1.807, 2.05) is 30.3 Å². The molecule has 11 rings (SSSR count). The lowest BCUT2D eigenvalue weighted by Gasteiger charge is -2.33. The van der Waals surface area contributed by atoms with E-state index in [9.17, 15) is 5.26 Å². The van der Waals surface area contributed by atoms with Crippen molar-refractivity contribution in [3.05, 3.63) is 210 Å². The van der Waals surface area contributed by atoms with Crippen molar-refractivity contribution in [3.8, 4) is 28.3 Å². The minimum Gasteiger partial charge on any atom is -0.310 e. The smallest absolute Gasteiger partial charge is 0.0991 e. The molecule has 2 heteroatoms. The second-order valence-corrected chi connectivity index (χ2v) is 13.9. The van der Waals surface area contributed by atoms with Gasteiger partial charge in [-0.05, 0) is 125 Å². The summed E-state index contributed by atoms with van der Waals surface area (Å²) in [5.74, 6) is 0. The fourth-order valence-corrected chi connectivity index (χ4v) is 9.49. The van der Waals surface area contributed by atoms with Crippen molar-refractivity contribution in [2.24, 2.45) is 0 Å². The molecule has 240 valence electrons. The molecule has 0 amide bonds. The van der Waals surface area contributed by atoms with Gasteiger partial charge in [-0.1, -0.05) is 133 Å². The van der Waals surface area contributed by atoms with E-state index < -0.39 is 5.41 Å². The standard InChI is InChI=1S/C50H30N2/c51-31-32-22-25-35(26-23-32)52(34-12-2-1-3-13-34)36-27-29-37-33(30-36)24-28-44-47-42-18-6-4-14-38(42)39-15-5-7-19-43(39)49(47)50(48(37)44)45-20-10-8-16-40(45)41-17-9-11-21-46(41)50/h1-30H. The summed E-state index contributed by atoms with van der Waals surface area (Å²) in [4.78, 5) is 2.28. The van der Waals surface area contributed by atoms with Crippen molar-refractivity contribution in [3.63, 3.8) is 0 Å². The molecular weight excluding hydrogens is 629 g/mol. The van der Waals surface area contributed by atoms with E-state index in [4.69, 9.17) is 0 Å². The molecule has 0 unspecified atom stereocenters. The SMILES string of the molecule is N#Cc1ccc(N(c2ccccc2)c2ccc3c4c(ccc3c2)-c2c(c3ccccc3c3ccccc23)C42c3ccccc3-c3ccccc32)cc1. The largest absolute Gasteiger partial charge is 0.310 e. The molecule has 0 N–H and O–H groups in total. The first kappa shape index (κ1) is 28.8. The Hall–Kier alpha value is -6.95. The van der Waals surface area contributed by atoms with Gasteiger partial charge in [0.1, 0.15) is 0 Å². The van der Waals surface area contributed by atoms with Gasteiger partial charge in [0.05, 0.1) is 17.0 Å². The average molecular weight is 659 g/mol. The average Bonchev–Trinajstić information content (AvgIpc) is 3.70. The van der Waals surface area contributed by atoms with Crippen molar-refractivity contribution in [2.75, 3.05) is 4.90 Å². The molecule has 1 spiro atoms. The topological polar surface area (TPSA) is 27.0 Å². The van der Waals surface area contributed by atoms with Crippen LogP contribution < -0.4 is 4.90 Å². The molecule has 0 saturated carbocycles. The van der Waals surface area contributed by atoms with Gasteiger partial charge in [0, 0.05) is 17.1 Å². The second-order valence-electron chi connectivity index (χ2n) is 13.9. The van der Waals surface area contributed by atoms with Gasteiger partial charge in [-0.3, -0.25) is 0 Å². The quantitative estimate of drug-likeness (QED) is 0.177. The summed E-state index contributed by atoms with van der Waals surface area (Å²) in [6, 6.07) is 68.4. The Morgan fingerprint density at radius 3 is 1.65 bits per heavy atom. The van der Waals surface area contributed by atoms with Crippen LogP contribution in [0.15, 0.2) is 182 Å². The van der Waals surface area contributed by atoms with Crippen LogP contribution in [0, 0.1) is 11.3 Å². The number of nitriles is 1. The highest BCUT2D eigenvalue weighted by Gasteiger charge is 2.53. The highest BCUT2D eigenvalue weighted by Crippen LogP contribution is 2.66. The molecule has 0 fully saturated rings. The van der Waals surface area contributed by atoms with Gasteiger partial charge in [0.25, 0.3) is 0 Å². The Balaban J connectivity index is 1.27. The van der Waals surface area contributed by atoms with Crippen LogP contribution in [-0.4, -0.2) is 0 Å². The maximum absolute atomic E-state index is 9.52. The Morgan fingerprint density at radius 2 is 0.962 bits per heavy atom. The molecular formula is C50H30N2. The van der Waals surface area contributed by atoms with Crippen LogP contribution in [0.4, 0.5) is 17.1 Å². The second kappa shape index (κ2) is 10.8. The van der Waals surface area contributed by atoms with Crippen LogP contribution in [0.1, 0.15) is 27.8 Å². The first-order valence-electron chi connectivity index (χ1n) is 17.8. The van der Waals surface area contributed by atoms with Crippen LogP contribution in [0.3, 0.4) is 0 Å². The fraction of sp³-hybridized carbons (Fsp3) is 0.0200. The minimum atomic E-state index is -0.505. The molecule has 0 radical (unpaired) electrons. The van der Waals surface area contributed by atoms with Crippen LogP contribution in [-0.2, 0) is 5.41 Å². The monoisotopic (exact) mass is 658 g/mol. The maximum Gasteiger partial charge on any atom is 0.0991 e.